The van der Waals surface area contributed by atoms with Crippen LogP contribution in [-0.2, 0) is 4.74 Å². The summed E-state index contributed by atoms with van der Waals surface area (Å²) in [6.07, 6.45) is 6.37. The maximum atomic E-state index is 5.85. The summed E-state index contributed by atoms with van der Waals surface area (Å²) in [6, 6.07) is 4.71. The molecule has 0 aromatic heterocycles. The number of hydrogen-bond donors (Lipinski definition) is 1. The molecule has 1 aromatic carbocycles. The largest absolute Gasteiger partial charge is 0.496 e. The van der Waals surface area contributed by atoms with E-state index >= 15 is 0 Å². The van der Waals surface area contributed by atoms with E-state index in [4.69, 9.17) is 9.47 Å². The zero-order chi connectivity index (χ0) is 15.2. The number of nitrogens with one attached hydrogen (secondary N) is 1. The molecule has 3 heteroatoms. The van der Waals surface area contributed by atoms with Gasteiger partial charge in [-0.3, -0.25) is 0 Å². The Kier molecular flexibility index (Phi) is 6.07. The molecular formula is C18H29NO2. The van der Waals surface area contributed by atoms with Crippen molar-refractivity contribution in [2.24, 2.45) is 0 Å². The van der Waals surface area contributed by atoms with E-state index in [1.807, 2.05) is 7.05 Å². The summed E-state index contributed by atoms with van der Waals surface area (Å²) in [4.78, 5) is 0. The first-order valence-corrected chi connectivity index (χ1v) is 8.10. The minimum atomic E-state index is 0.324. The minimum Gasteiger partial charge on any atom is -0.496 e. The highest BCUT2D eigenvalue weighted by Gasteiger charge is 2.20. The Hall–Kier alpha value is -1.06. The first-order chi connectivity index (χ1) is 10.2. The van der Waals surface area contributed by atoms with E-state index in [0.717, 1.165) is 25.2 Å². The number of hydrogen-bond acceptors (Lipinski definition) is 3. The molecule has 118 valence electrons. The van der Waals surface area contributed by atoms with Gasteiger partial charge in [0.1, 0.15) is 5.75 Å². The molecule has 3 nitrogen and oxygen atoms in total. The fourth-order valence-corrected chi connectivity index (χ4v) is 3.20. The second-order valence-electron chi connectivity index (χ2n) is 6.04. The van der Waals surface area contributed by atoms with Gasteiger partial charge in [-0.05, 0) is 64.1 Å². The number of rotatable bonds is 6. The molecule has 1 saturated heterocycles. The van der Waals surface area contributed by atoms with Gasteiger partial charge in [-0.2, -0.15) is 0 Å². The molecule has 0 radical (unpaired) electrons. The summed E-state index contributed by atoms with van der Waals surface area (Å²) in [6.45, 7) is 5.20. The molecule has 0 spiro atoms. The van der Waals surface area contributed by atoms with Gasteiger partial charge in [-0.15, -0.1) is 0 Å². The Bertz CT molecular complexity index is 453. The average Bonchev–Trinajstić information content (AvgIpc) is 2.52. The molecule has 1 aliphatic heterocycles. The predicted molar refractivity (Wildman–Crippen MR) is 87.1 cm³/mol. The number of benzene rings is 1. The quantitative estimate of drug-likeness (QED) is 0.861. The van der Waals surface area contributed by atoms with Crippen LogP contribution in [0.1, 0.15) is 54.8 Å². The second-order valence-corrected chi connectivity index (χ2v) is 6.04. The molecular weight excluding hydrogens is 262 g/mol. The molecule has 0 saturated carbocycles. The first-order valence-electron chi connectivity index (χ1n) is 8.10. The van der Waals surface area contributed by atoms with E-state index in [1.54, 1.807) is 7.11 Å². The maximum Gasteiger partial charge on any atom is 0.126 e. The van der Waals surface area contributed by atoms with Gasteiger partial charge in [-0.1, -0.05) is 12.1 Å². The molecule has 2 atom stereocenters. The summed E-state index contributed by atoms with van der Waals surface area (Å²) in [5.74, 6) is 1.03. The highest BCUT2D eigenvalue weighted by Crippen LogP contribution is 2.33. The number of aryl methyl sites for hydroxylation is 1. The molecule has 1 aromatic rings. The Balaban J connectivity index is 2.08. The highest BCUT2D eigenvalue weighted by molar-refractivity contribution is 5.46. The summed E-state index contributed by atoms with van der Waals surface area (Å²) < 4.78 is 11.5. The van der Waals surface area contributed by atoms with Crippen molar-refractivity contribution in [1.82, 2.24) is 5.32 Å². The van der Waals surface area contributed by atoms with Gasteiger partial charge in [0, 0.05) is 18.2 Å². The van der Waals surface area contributed by atoms with E-state index in [9.17, 15) is 0 Å². The van der Waals surface area contributed by atoms with Crippen LogP contribution in [0.3, 0.4) is 0 Å². The van der Waals surface area contributed by atoms with Crippen LogP contribution in [0, 0.1) is 13.8 Å². The Morgan fingerprint density at radius 1 is 1.33 bits per heavy atom. The number of methoxy groups -OCH3 is 1. The van der Waals surface area contributed by atoms with Crippen LogP contribution >= 0.6 is 0 Å². The second kappa shape index (κ2) is 7.81. The van der Waals surface area contributed by atoms with Crippen molar-refractivity contribution in [3.05, 3.63) is 28.8 Å². The molecule has 1 fully saturated rings. The fourth-order valence-electron chi connectivity index (χ4n) is 3.20. The Labute approximate surface area is 129 Å². The van der Waals surface area contributed by atoms with E-state index in [1.165, 1.54) is 36.0 Å². The van der Waals surface area contributed by atoms with Crippen LogP contribution < -0.4 is 10.1 Å². The van der Waals surface area contributed by atoms with Crippen LogP contribution in [0.15, 0.2) is 12.1 Å². The molecule has 1 N–H and O–H groups in total. The van der Waals surface area contributed by atoms with Crippen molar-refractivity contribution in [2.75, 3.05) is 20.8 Å². The van der Waals surface area contributed by atoms with Gasteiger partial charge in [0.05, 0.1) is 13.2 Å². The normalized spacial score (nSPS) is 20.3. The summed E-state index contributed by atoms with van der Waals surface area (Å²) in [5, 5.41) is 3.44. The van der Waals surface area contributed by atoms with Crippen LogP contribution in [0.2, 0.25) is 0 Å². The molecule has 0 aliphatic carbocycles. The van der Waals surface area contributed by atoms with E-state index in [-0.39, 0.29) is 0 Å². The molecule has 21 heavy (non-hydrogen) atoms. The van der Waals surface area contributed by atoms with Crippen molar-refractivity contribution in [1.29, 1.82) is 0 Å². The topological polar surface area (TPSA) is 30.5 Å². The zero-order valence-electron chi connectivity index (χ0n) is 13.9. The lowest BCUT2D eigenvalue weighted by molar-refractivity contribution is 0.00862. The number of ether oxygens (including phenoxy) is 2. The van der Waals surface area contributed by atoms with Gasteiger partial charge >= 0.3 is 0 Å². The zero-order valence-corrected chi connectivity index (χ0v) is 13.9. The summed E-state index contributed by atoms with van der Waals surface area (Å²) in [7, 11) is 3.79. The van der Waals surface area contributed by atoms with Gasteiger partial charge in [0.15, 0.2) is 0 Å². The third kappa shape index (κ3) is 3.98. The lowest BCUT2D eigenvalue weighted by Crippen LogP contribution is -2.23. The van der Waals surface area contributed by atoms with Crippen LogP contribution in [-0.4, -0.2) is 26.9 Å². The van der Waals surface area contributed by atoms with Crippen molar-refractivity contribution in [2.45, 2.75) is 58.1 Å². The summed E-state index contributed by atoms with van der Waals surface area (Å²) in [5.41, 5.74) is 3.78. The Morgan fingerprint density at radius 3 is 2.76 bits per heavy atom. The van der Waals surface area contributed by atoms with Gasteiger partial charge in [0.2, 0.25) is 0 Å². The molecule has 0 amide bonds. The molecule has 1 heterocycles. The lowest BCUT2D eigenvalue weighted by Gasteiger charge is -2.26. The average molecular weight is 291 g/mol. The molecule has 0 bridgehead atoms. The third-order valence-electron chi connectivity index (χ3n) is 4.69. The molecule has 2 unspecified atom stereocenters. The monoisotopic (exact) mass is 291 g/mol. The smallest absolute Gasteiger partial charge is 0.126 e. The Morgan fingerprint density at radius 2 is 2.14 bits per heavy atom. The predicted octanol–water partition coefficient (Wildman–Crippen LogP) is 3.92. The fraction of sp³-hybridized carbons (Fsp3) is 0.667. The van der Waals surface area contributed by atoms with Crippen molar-refractivity contribution < 1.29 is 9.47 Å². The van der Waals surface area contributed by atoms with Crippen LogP contribution in [0.5, 0.6) is 5.75 Å². The third-order valence-corrected chi connectivity index (χ3v) is 4.69. The minimum absolute atomic E-state index is 0.324. The van der Waals surface area contributed by atoms with Gasteiger partial charge < -0.3 is 14.8 Å². The highest BCUT2D eigenvalue weighted by atomic mass is 16.5. The van der Waals surface area contributed by atoms with E-state index in [0.29, 0.717) is 12.1 Å². The summed E-state index contributed by atoms with van der Waals surface area (Å²) >= 11 is 0. The lowest BCUT2D eigenvalue weighted by atomic mass is 9.94. The SMILES string of the molecule is CNC(CCC1CCCCO1)c1ccc(C)c(C)c1OC. The van der Waals surface area contributed by atoms with Gasteiger partial charge in [0.25, 0.3) is 0 Å². The van der Waals surface area contributed by atoms with Crippen molar-refractivity contribution >= 4 is 0 Å². The van der Waals surface area contributed by atoms with Gasteiger partial charge in [-0.25, -0.2) is 0 Å². The van der Waals surface area contributed by atoms with Crippen LogP contribution in [0.25, 0.3) is 0 Å². The van der Waals surface area contributed by atoms with Crippen LogP contribution in [0.4, 0.5) is 0 Å². The van der Waals surface area contributed by atoms with E-state index in [2.05, 4.69) is 31.3 Å². The van der Waals surface area contributed by atoms with E-state index < -0.39 is 0 Å². The molecule has 2 rings (SSSR count). The molecule has 1 aliphatic rings. The van der Waals surface area contributed by atoms with Crippen molar-refractivity contribution in [3.63, 3.8) is 0 Å². The standard InChI is InChI=1S/C18H29NO2/c1-13-8-10-16(18(20-4)14(13)2)17(19-3)11-9-15-7-5-6-12-21-15/h8,10,15,17,19H,5-7,9,11-12H2,1-4H3. The van der Waals surface area contributed by atoms with Crippen molar-refractivity contribution in [3.8, 4) is 5.75 Å². The maximum absolute atomic E-state index is 5.85. The first kappa shape index (κ1) is 16.3.